The van der Waals surface area contributed by atoms with Gasteiger partial charge in [0.25, 0.3) is 0 Å². The lowest BCUT2D eigenvalue weighted by Gasteiger charge is -2.64. The van der Waals surface area contributed by atoms with Crippen LogP contribution >= 0.6 is 11.3 Å². The van der Waals surface area contributed by atoms with Gasteiger partial charge in [-0.1, -0.05) is 61.5 Å². The first-order chi connectivity index (χ1) is 29.3. The molecule has 3 aromatic rings. The van der Waals surface area contributed by atoms with E-state index in [0.29, 0.717) is 30.3 Å². The molecule has 0 spiro atoms. The minimum Gasteiger partial charge on any atom is -0.496 e. The van der Waals surface area contributed by atoms with Gasteiger partial charge >= 0.3 is 19.2 Å². The second kappa shape index (κ2) is 18.0. The summed E-state index contributed by atoms with van der Waals surface area (Å²) in [6, 6.07) is 13.2. The number of esters is 1. The van der Waals surface area contributed by atoms with E-state index in [4.69, 9.17) is 37.8 Å². The maximum atomic E-state index is 14.9. The van der Waals surface area contributed by atoms with Crippen LogP contribution in [0.25, 0.3) is 0 Å². The number of hydrogen-bond acceptors (Lipinski definition) is 14. The lowest BCUT2D eigenvalue weighted by atomic mass is 9.43. The molecule has 5 aliphatic rings. The number of aromatic nitrogens is 1. The van der Waals surface area contributed by atoms with E-state index in [1.54, 1.807) is 53.0 Å². The molecular weight excluding hydrogens is 813 g/mol. The van der Waals surface area contributed by atoms with Gasteiger partial charge in [0.2, 0.25) is 0 Å². The number of methoxy groups -OCH3 is 1. The number of nitrogens with one attached hydrogen (secondary N) is 1. The Bertz CT molecular complexity index is 2140. The molecule has 14 nitrogen and oxygen atoms in total. The van der Waals surface area contributed by atoms with E-state index in [0.717, 1.165) is 36.2 Å². The Morgan fingerprint density at radius 1 is 0.984 bits per heavy atom. The largest absolute Gasteiger partial charge is 0.496 e. The van der Waals surface area contributed by atoms with Crippen LogP contribution in [-0.4, -0.2) is 78.9 Å². The van der Waals surface area contributed by atoms with Gasteiger partial charge in [-0.3, -0.25) is 10.1 Å². The molecule has 1 aromatic heterocycles. The monoisotopic (exact) mass is 873 g/mol. The number of thiazole rings is 1. The number of Topliss-reactive ketones (excluding diaryl/α,β-unsaturated/α-hetero) is 1. The lowest BCUT2D eigenvalue weighted by molar-refractivity contribution is -0.199. The number of ether oxygens (including phenoxy) is 5. The van der Waals surface area contributed by atoms with Crippen LogP contribution in [0, 0.1) is 17.3 Å². The van der Waals surface area contributed by atoms with Gasteiger partial charge < -0.3 is 37.8 Å². The van der Waals surface area contributed by atoms with Crippen molar-refractivity contribution in [2.75, 3.05) is 25.6 Å². The highest BCUT2D eigenvalue weighted by molar-refractivity contribution is 7.14. The Labute approximate surface area is 368 Å². The molecule has 0 radical (unpaired) electrons. The summed E-state index contributed by atoms with van der Waals surface area (Å²) in [7, 11) is 0.710. The third-order valence-corrected chi connectivity index (χ3v) is 13.0. The van der Waals surface area contributed by atoms with Gasteiger partial charge in [-0.2, -0.15) is 0 Å². The van der Waals surface area contributed by atoms with Crippen LogP contribution in [0.5, 0.6) is 5.75 Å². The number of nitrogens with zero attached hydrogens (tertiary/aromatic N) is 2. The summed E-state index contributed by atoms with van der Waals surface area (Å²) in [5.41, 5.74) is 0.353. The summed E-state index contributed by atoms with van der Waals surface area (Å²) in [6.45, 7) is 18.5. The maximum Gasteiger partial charge on any atom is 0.461 e. The second-order valence-corrected chi connectivity index (χ2v) is 20.3. The molecule has 62 heavy (non-hydrogen) atoms. The van der Waals surface area contributed by atoms with Gasteiger partial charge in [-0.25, -0.2) is 14.6 Å². The predicted molar refractivity (Wildman–Crippen MR) is 234 cm³/mol. The third-order valence-electron chi connectivity index (χ3n) is 12.3. The number of amides is 1. The molecule has 1 amide bonds. The summed E-state index contributed by atoms with van der Waals surface area (Å²) < 4.78 is 43.3. The van der Waals surface area contributed by atoms with E-state index < -0.39 is 48.1 Å². The van der Waals surface area contributed by atoms with Crippen molar-refractivity contribution < 1.29 is 52.2 Å². The molecule has 5 fully saturated rings. The van der Waals surface area contributed by atoms with Crippen molar-refractivity contribution in [3.63, 3.8) is 0 Å². The van der Waals surface area contributed by atoms with Gasteiger partial charge in [0, 0.05) is 23.2 Å². The number of benzene rings is 2. The molecule has 2 saturated heterocycles. The highest BCUT2D eigenvalue weighted by Gasteiger charge is 2.68. The first-order valence-electron chi connectivity index (χ1n) is 21.5. The third kappa shape index (κ3) is 10.0. The average Bonchev–Trinajstić information content (AvgIpc) is 3.81. The van der Waals surface area contributed by atoms with Crippen LogP contribution < -0.4 is 10.1 Å². The molecule has 5 atom stereocenters. The number of rotatable bonds is 14. The molecule has 2 aromatic carbocycles. The molecule has 3 aliphatic carbocycles. The van der Waals surface area contributed by atoms with Gasteiger partial charge in [0.15, 0.2) is 22.9 Å². The Kier molecular flexibility index (Phi) is 13.3. The quantitative estimate of drug-likeness (QED) is 0.0709. The van der Waals surface area contributed by atoms with E-state index in [-0.39, 0.29) is 70.5 Å². The van der Waals surface area contributed by atoms with Crippen LogP contribution in [0.3, 0.4) is 0 Å². The van der Waals surface area contributed by atoms with Crippen molar-refractivity contribution in [2.24, 2.45) is 22.4 Å². The van der Waals surface area contributed by atoms with E-state index >= 15 is 0 Å². The van der Waals surface area contributed by atoms with Crippen LogP contribution in [-0.2, 0) is 50.9 Å². The van der Waals surface area contributed by atoms with Crippen LogP contribution in [0.15, 0.2) is 53.0 Å². The molecule has 2 aliphatic heterocycles. The topological polar surface area (TPSA) is 162 Å². The summed E-state index contributed by atoms with van der Waals surface area (Å²) in [5, 5.41) is 8.91. The van der Waals surface area contributed by atoms with Crippen molar-refractivity contribution in [1.82, 2.24) is 4.98 Å². The van der Waals surface area contributed by atoms with Crippen molar-refractivity contribution in [2.45, 2.75) is 136 Å². The SMILES string of the molecule is COc1c(C[C@H](CC(=O)/C(=N\OCc2ccccc2)c2csc(NC(=O)OC(C)(C)C)n2)B2OC3CC4C[C@@H](C4(C)C)[C@]3(C)O2)ccc(C2OCCCO2)c1C(=O)OC(C)(C)C. The summed E-state index contributed by atoms with van der Waals surface area (Å²) >= 11 is 1.13. The summed E-state index contributed by atoms with van der Waals surface area (Å²) in [4.78, 5) is 52.0. The van der Waals surface area contributed by atoms with Gasteiger partial charge in [0.05, 0.1) is 32.0 Å². The summed E-state index contributed by atoms with van der Waals surface area (Å²) in [6.07, 6.45) is 1.11. The standard InChI is InChI=1S/C46H60BN3O11S/c1-43(2,3)58-39(52)36-31(40-55-19-14-20-56-40)18-17-28(38(36)54-10)21-30(47-60-35-23-29-22-34(45(29,7)8)46(35,9)61-47)24-33(51)37(50-57-25-27-15-12-11-13-16-27)32-26-62-41(48-32)49-42(53)59-44(4,5)6/h11-13,15-18,26,29-30,34-35,40H,14,19-25H2,1-10H3,(H,48,49,53)/b50-37-/t29?,30-,34+,35?,46+/m1/s1. The van der Waals surface area contributed by atoms with Crippen molar-refractivity contribution in [3.05, 3.63) is 75.8 Å². The molecule has 16 heteroatoms. The predicted octanol–water partition coefficient (Wildman–Crippen LogP) is 9.11. The first-order valence-corrected chi connectivity index (χ1v) is 22.4. The summed E-state index contributed by atoms with van der Waals surface area (Å²) in [5.74, 6) is -0.506. The molecule has 8 rings (SSSR count). The normalized spacial score (nSPS) is 24.1. The van der Waals surface area contributed by atoms with E-state index in [9.17, 15) is 14.4 Å². The van der Waals surface area contributed by atoms with Crippen LogP contribution in [0.1, 0.15) is 127 Å². The fourth-order valence-corrected chi connectivity index (χ4v) is 9.92. The number of anilines is 1. The molecular formula is C46H60BN3O11S. The zero-order valence-electron chi connectivity index (χ0n) is 37.5. The molecule has 334 valence electrons. The highest BCUT2D eigenvalue weighted by atomic mass is 32.1. The molecule has 2 bridgehead atoms. The Morgan fingerprint density at radius 2 is 1.69 bits per heavy atom. The minimum absolute atomic E-state index is 0.0345. The number of oxime groups is 1. The fourth-order valence-electron chi connectivity index (χ4n) is 9.24. The molecule has 3 heterocycles. The molecule has 2 unspecified atom stereocenters. The zero-order valence-corrected chi connectivity index (χ0v) is 38.3. The lowest BCUT2D eigenvalue weighted by Crippen LogP contribution is -2.65. The Morgan fingerprint density at radius 3 is 2.35 bits per heavy atom. The number of carbonyl (C=O) groups is 3. The Hall–Kier alpha value is -4.35. The average molecular weight is 874 g/mol. The van der Waals surface area contributed by atoms with Gasteiger partial charge in [0.1, 0.15) is 34.8 Å². The van der Waals surface area contributed by atoms with Gasteiger partial charge in [-0.15, -0.1) is 11.3 Å². The first kappa shape index (κ1) is 45.7. The van der Waals surface area contributed by atoms with Gasteiger partial charge in [-0.05, 0) is 103 Å². The highest BCUT2D eigenvalue weighted by Crippen LogP contribution is 2.66. The Balaban J connectivity index is 1.25. The minimum atomic E-state index is -0.805. The molecule has 1 N–H and O–H groups in total. The van der Waals surface area contributed by atoms with Crippen molar-refractivity contribution in [3.8, 4) is 5.75 Å². The number of carbonyl (C=O) groups excluding carboxylic acids is 3. The second-order valence-electron chi connectivity index (χ2n) is 19.4. The number of ketones is 1. The van der Waals surface area contributed by atoms with E-state index in [1.807, 2.05) is 36.4 Å². The van der Waals surface area contributed by atoms with E-state index in [1.165, 1.54) is 7.11 Å². The van der Waals surface area contributed by atoms with E-state index in [2.05, 4.69) is 36.2 Å². The molecule has 3 saturated carbocycles. The van der Waals surface area contributed by atoms with Crippen LogP contribution in [0.4, 0.5) is 9.93 Å². The fraction of sp³-hybridized carbons (Fsp3) is 0.587. The van der Waals surface area contributed by atoms with Crippen LogP contribution in [0.2, 0.25) is 5.82 Å². The van der Waals surface area contributed by atoms with Crippen molar-refractivity contribution in [1.29, 1.82) is 0 Å². The number of hydrogen-bond donors (Lipinski definition) is 1. The maximum absolute atomic E-state index is 14.9. The zero-order chi connectivity index (χ0) is 44.6. The smallest absolute Gasteiger partial charge is 0.461 e. The van der Waals surface area contributed by atoms with Crippen molar-refractivity contribution >= 4 is 47.1 Å².